The van der Waals surface area contributed by atoms with Crippen molar-refractivity contribution in [3.63, 3.8) is 0 Å². The zero-order chi connectivity index (χ0) is 13.2. The topological polar surface area (TPSA) is 35.2 Å². The molecule has 0 saturated heterocycles. The average Bonchev–Trinajstić information content (AvgIpc) is 2.38. The Bertz CT molecular complexity index is 341. The van der Waals surface area contributed by atoms with Gasteiger partial charge >= 0.3 is 0 Å². The molecular weight excluding hydrogens is 290 g/mol. The minimum Gasteiger partial charge on any atom is -0.493 e. The molecule has 0 heterocycles. The van der Waals surface area contributed by atoms with Gasteiger partial charge in [0.1, 0.15) is 5.75 Å². The summed E-state index contributed by atoms with van der Waals surface area (Å²) in [7, 11) is 0. The maximum absolute atomic E-state index is 5.81. The van der Waals surface area contributed by atoms with Gasteiger partial charge in [-0.3, -0.25) is 0 Å². The van der Waals surface area contributed by atoms with Gasteiger partial charge in [0.15, 0.2) is 0 Å². The second-order valence-electron chi connectivity index (χ2n) is 4.57. The van der Waals surface area contributed by atoms with Gasteiger partial charge in [0.2, 0.25) is 0 Å². The van der Waals surface area contributed by atoms with Crippen LogP contribution in [0.1, 0.15) is 51.0 Å². The first-order valence-corrected chi connectivity index (χ1v) is 7.68. The Morgan fingerprint density at radius 2 is 1.83 bits per heavy atom. The van der Waals surface area contributed by atoms with Crippen LogP contribution in [-0.2, 0) is 6.54 Å². The Kier molecular flexibility index (Phi) is 8.10. The van der Waals surface area contributed by atoms with E-state index >= 15 is 0 Å². The molecule has 0 radical (unpaired) electrons. The van der Waals surface area contributed by atoms with Crippen LogP contribution in [0.2, 0.25) is 0 Å². The van der Waals surface area contributed by atoms with E-state index in [1.165, 1.54) is 32.1 Å². The van der Waals surface area contributed by atoms with Crippen molar-refractivity contribution in [3.8, 4) is 5.75 Å². The highest BCUT2D eigenvalue weighted by Crippen LogP contribution is 2.23. The van der Waals surface area contributed by atoms with E-state index in [1.54, 1.807) is 0 Å². The molecule has 1 aromatic rings. The van der Waals surface area contributed by atoms with E-state index in [0.29, 0.717) is 6.54 Å². The minimum absolute atomic E-state index is 0.527. The van der Waals surface area contributed by atoms with Crippen LogP contribution in [-0.4, -0.2) is 6.61 Å². The van der Waals surface area contributed by atoms with E-state index in [0.717, 1.165) is 28.8 Å². The lowest BCUT2D eigenvalue weighted by Gasteiger charge is -2.10. The number of hydrogen-bond acceptors (Lipinski definition) is 2. The van der Waals surface area contributed by atoms with Crippen LogP contribution in [0.3, 0.4) is 0 Å². The molecule has 18 heavy (non-hydrogen) atoms. The third kappa shape index (κ3) is 5.87. The Labute approximate surface area is 119 Å². The van der Waals surface area contributed by atoms with Gasteiger partial charge in [-0.15, -0.1) is 0 Å². The van der Waals surface area contributed by atoms with Gasteiger partial charge in [-0.1, -0.05) is 61.0 Å². The number of rotatable bonds is 9. The van der Waals surface area contributed by atoms with E-state index in [1.807, 2.05) is 18.2 Å². The maximum Gasteiger partial charge on any atom is 0.124 e. The lowest BCUT2D eigenvalue weighted by Crippen LogP contribution is -2.03. The maximum atomic E-state index is 5.81. The number of unbranched alkanes of at least 4 members (excludes halogenated alkanes) is 5. The molecule has 1 aromatic carbocycles. The standard InChI is InChI=1S/C15H24BrNO/c1-2-3-4-5-6-7-10-18-15-11-14(16)9-8-13(15)12-17/h8-9,11H,2-7,10,12,17H2,1H3. The van der Waals surface area contributed by atoms with Crippen molar-refractivity contribution in [2.24, 2.45) is 5.73 Å². The molecule has 0 aliphatic heterocycles. The fourth-order valence-electron chi connectivity index (χ4n) is 1.90. The first kappa shape index (κ1) is 15.5. The van der Waals surface area contributed by atoms with Crippen LogP contribution in [0.5, 0.6) is 5.75 Å². The van der Waals surface area contributed by atoms with Crippen LogP contribution >= 0.6 is 15.9 Å². The Hall–Kier alpha value is -0.540. The molecule has 2 nitrogen and oxygen atoms in total. The molecule has 102 valence electrons. The second kappa shape index (κ2) is 9.40. The highest BCUT2D eigenvalue weighted by atomic mass is 79.9. The summed E-state index contributed by atoms with van der Waals surface area (Å²) in [6.45, 7) is 3.55. The van der Waals surface area contributed by atoms with Gasteiger partial charge in [-0.05, 0) is 18.6 Å². The lowest BCUT2D eigenvalue weighted by atomic mass is 10.1. The van der Waals surface area contributed by atoms with E-state index in [-0.39, 0.29) is 0 Å². The predicted molar refractivity (Wildman–Crippen MR) is 80.9 cm³/mol. The summed E-state index contributed by atoms with van der Waals surface area (Å²) < 4.78 is 6.84. The van der Waals surface area contributed by atoms with Gasteiger partial charge in [-0.25, -0.2) is 0 Å². The van der Waals surface area contributed by atoms with Crippen molar-refractivity contribution in [2.45, 2.75) is 52.0 Å². The van der Waals surface area contributed by atoms with Gasteiger partial charge in [-0.2, -0.15) is 0 Å². The number of halogens is 1. The Morgan fingerprint density at radius 1 is 1.11 bits per heavy atom. The number of ether oxygens (including phenoxy) is 1. The summed E-state index contributed by atoms with van der Waals surface area (Å²) in [4.78, 5) is 0. The highest BCUT2D eigenvalue weighted by Gasteiger charge is 2.02. The monoisotopic (exact) mass is 313 g/mol. The van der Waals surface area contributed by atoms with Crippen molar-refractivity contribution in [1.29, 1.82) is 0 Å². The third-order valence-corrected chi connectivity index (χ3v) is 3.50. The molecule has 0 amide bonds. The molecule has 0 aliphatic carbocycles. The van der Waals surface area contributed by atoms with Crippen molar-refractivity contribution in [2.75, 3.05) is 6.61 Å². The quantitative estimate of drug-likeness (QED) is 0.674. The average molecular weight is 314 g/mol. The van der Waals surface area contributed by atoms with E-state index < -0.39 is 0 Å². The summed E-state index contributed by atoms with van der Waals surface area (Å²) in [6.07, 6.45) is 7.70. The van der Waals surface area contributed by atoms with Gasteiger partial charge in [0.05, 0.1) is 6.61 Å². The molecule has 3 heteroatoms. The van der Waals surface area contributed by atoms with Crippen LogP contribution < -0.4 is 10.5 Å². The van der Waals surface area contributed by atoms with E-state index in [9.17, 15) is 0 Å². The number of benzene rings is 1. The summed E-state index contributed by atoms with van der Waals surface area (Å²) in [6, 6.07) is 6.01. The predicted octanol–water partition coefficient (Wildman–Crippen LogP) is 4.65. The molecule has 0 unspecified atom stereocenters. The molecule has 0 saturated carbocycles. The van der Waals surface area contributed by atoms with Crippen LogP contribution in [0.25, 0.3) is 0 Å². The fourth-order valence-corrected chi connectivity index (χ4v) is 2.24. The number of nitrogens with two attached hydrogens (primary N) is 1. The zero-order valence-electron chi connectivity index (χ0n) is 11.3. The summed E-state index contributed by atoms with van der Waals surface area (Å²) in [5.41, 5.74) is 6.76. The first-order valence-electron chi connectivity index (χ1n) is 6.89. The Morgan fingerprint density at radius 3 is 2.56 bits per heavy atom. The molecule has 0 atom stereocenters. The third-order valence-electron chi connectivity index (χ3n) is 3.00. The summed E-state index contributed by atoms with van der Waals surface area (Å²) in [5, 5.41) is 0. The molecule has 0 bridgehead atoms. The van der Waals surface area contributed by atoms with E-state index in [4.69, 9.17) is 10.5 Å². The lowest BCUT2D eigenvalue weighted by molar-refractivity contribution is 0.301. The molecule has 0 fully saturated rings. The van der Waals surface area contributed by atoms with Crippen molar-refractivity contribution >= 4 is 15.9 Å². The zero-order valence-corrected chi connectivity index (χ0v) is 12.8. The minimum atomic E-state index is 0.527. The van der Waals surface area contributed by atoms with Crippen LogP contribution in [0.4, 0.5) is 0 Å². The Balaban J connectivity index is 2.24. The van der Waals surface area contributed by atoms with E-state index in [2.05, 4.69) is 22.9 Å². The summed E-state index contributed by atoms with van der Waals surface area (Å²) >= 11 is 3.46. The molecular formula is C15H24BrNO. The van der Waals surface area contributed by atoms with Crippen LogP contribution in [0, 0.1) is 0 Å². The van der Waals surface area contributed by atoms with Crippen molar-refractivity contribution < 1.29 is 4.74 Å². The van der Waals surface area contributed by atoms with Gasteiger partial charge in [0.25, 0.3) is 0 Å². The molecule has 1 rings (SSSR count). The van der Waals surface area contributed by atoms with Gasteiger partial charge < -0.3 is 10.5 Å². The van der Waals surface area contributed by atoms with Crippen LogP contribution in [0.15, 0.2) is 22.7 Å². The van der Waals surface area contributed by atoms with Crippen molar-refractivity contribution in [3.05, 3.63) is 28.2 Å². The normalized spacial score (nSPS) is 10.6. The summed E-state index contributed by atoms with van der Waals surface area (Å²) in [5.74, 6) is 0.917. The SMILES string of the molecule is CCCCCCCCOc1cc(Br)ccc1CN. The molecule has 0 aliphatic rings. The van der Waals surface area contributed by atoms with Crippen molar-refractivity contribution in [1.82, 2.24) is 0 Å². The molecule has 0 spiro atoms. The second-order valence-corrected chi connectivity index (χ2v) is 5.49. The fraction of sp³-hybridized carbons (Fsp3) is 0.600. The highest BCUT2D eigenvalue weighted by molar-refractivity contribution is 9.10. The number of hydrogen-bond donors (Lipinski definition) is 1. The molecule has 0 aromatic heterocycles. The van der Waals surface area contributed by atoms with Gasteiger partial charge in [0, 0.05) is 16.6 Å². The largest absolute Gasteiger partial charge is 0.493 e. The molecule has 2 N–H and O–H groups in total. The first-order chi connectivity index (χ1) is 8.77. The smallest absolute Gasteiger partial charge is 0.124 e.